The highest BCUT2D eigenvalue weighted by Crippen LogP contribution is 2.74. The lowest BCUT2D eigenvalue weighted by molar-refractivity contribution is 1.19. The Kier molecular flexibility index (Phi) is 24.8. The average Bonchev–Trinajstić information content (AvgIpc) is 0.651. The van der Waals surface area contributed by atoms with Crippen LogP contribution in [-0.4, -0.2) is 0 Å². The molecule has 0 amide bonds. The van der Waals surface area contributed by atoms with Gasteiger partial charge in [0.25, 0.3) is 0 Å². The topological polar surface area (TPSA) is 32.4 Å². The predicted octanol–water partition coefficient (Wildman–Crippen LogP) is 39.3. The van der Waals surface area contributed by atoms with Crippen LogP contribution in [-0.2, 0) is 0 Å². The molecule has 24 aromatic carbocycles. The highest BCUT2D eigenvalue weighted by Gasteiger charge is 2.47. The molecule has 10 nitrogen and oxygen atoms in total. The third-order valence-corrected chi connectivity index (χ3v) is 27.0. The van der Waals surface area contributed by atoms with Crippen molar-refractivity contribution in [3.05, 3.63) is 607 Å². The summed E-state index contributed by atoms with van der Waals surface area (Å²) >= 11 is 0. The van der Waals surface area contributed by atoms with Gasteiger partial charge >= 0.3 is 0 Å². The molecule has 0 unspecified atom stereocenters. The summed E-state index contributed by atoms with van der Waals surface area (Å²) < 4.78 is 0. The molecule has 0 N–H and O–H groups in total. The number of nitrogens with zero attached hydrogens (tertiary/aromatic N) is 10. The van der Waals surface area contributed by atoms with Crippen molar-refractivity contribution >= 4 is 203 Å². The minimum absolute atomic E-state index is 0.804. The van der Waals surface area contributed by atoms with Crippen LogP contribution in [0.15, 0.2) is 607 Å². The molecule has 0 radical (unpaired) electrons. The first-order valence-electron chi connectivity index (χ1n) is 49.7. The van der Waals surface area contributed by atoms with Crippen LogP contribution in [0.3, 0.4) is 0 Å². The minimum atomic E-state index is 0.804. The molecular weight excluding hydrogens is 1770 g/mol. The fourth-order valence-corrected chi connectivity index (χ4v) is 21.1. The molecule has 146 heavy (non-hydrogen) atoms. The molecule has 0 saturated heterocycles. The van der Waals surface area contributed by atoms with Gasteiger partial charge < -0.3 is 49.0 Å². The number of rotatable bonds is 30. The van der Waals surface area contributed by atoms with Gasteiger partial charge in [0.2, 0.25) is 0 Å². The molecule has 0 aliphatic rings. The van der Waals surface area contributed by atoms with Gasteiger partial charge in [0, 0.05) is 146 Å². The van der Waals surface area contributed by atoms with Gasteiger partial charge in [-0.1, -0.05) is 364 Å². The van der Waals surface area contributed by atoms with Crippen LogP contribution in [0.5, 0.6) is 0 Å². The summed E-state index contributed by atoms with van der Waals surface area (Å²) in [6.07, 6.45) is 0. The first-order valence-corrected chi connectivity index (χ1v) is 49.7. The summed E-state index contributed by atoms with van der Waals surface area (Å²) in [5.74, 6) is 0. The Morgan fingerprint density at radius 3 is 0.199 bits per heavy atom. The number of benzene rings is 24. The Bertz CT molecular complexity index is 7160. The van der Waals surface area contributed by atoms with Crippen LogP contribution in [0.1, 0.15) is 0 Å². The van der Waals surface area contributed by atoms with E-state index >= 15 is 0 Å². The first-order chi connectivity index (χ1) is 72.7. The van der Waals surface area contributed by atoms with E-state index in [1.54, 1.807) is 0 Å². The molecule has 0 spiro atoms. The largest absolute Gasteiger partial charge is 0.308 e. The van der Waals surface area contributed by atoms with Crippen molar-refractivity contribution in [2.24, 2.45) is 0 Å². The summed E-state index contributed by atoms with van der Waals surface area (Å²) in [6, 6.07) is 223. The van der Waals surface area contributed by atoms with Gasteiger partial charge in [0.15, 0.2) is 0 Å². The Labute approximate surface area is 852 Å². The van der Waals surface area contributed by atoms with Crippen molar-refractivity contribution in [2.45, 2.75) is 0 Å². The van der Waals surface area contributed by atoms with E-state index in [4.69, 9.17) is 0 Å². The van der Waals surface area contributed by atoms with Crippen LogP contribution in [0.2, 0.25) is 0 Å². The number of hydrogen-bond acceptors (Lipinski definition) is 10. The zero-order chi connectivity index (χ0) is 97.3. The molecule has 0 fully saturated rings. The molecule has 24 rings (SSSR count). The smallest absolute Gasteiger partial charge is 0.0961 e. The first kappa shape index (κ1) is 89.0. The van der Waals surface area contributed by atoms with Gasteiger partial charge in [-0.05, 0) is 243 Å². The van der Waals surface area contributed by atoms with Gasteiger partial charge in [-0.15, -0.1) is 0 Å². The maximum Gasteiger partial charge on any atom is 0.0961 e. The Morgan fingerprint density at radius 1 is 0.0616 bits per heavy atom. The van der Waals surface area contributed by atoms with Crippen molar-refractivity contribution in [1.29, 1.82) is 0 Å². The third-order valence-electron chi connectivity index (χ3n) is 27.0. The second kappa shape index (κ2) is 40.6. The zero-order valence-corrected chi connectivity index (χ0v) is 80.2. The molecule has 0 aliphatic heterocycles. The summed E-state index contributed by atoms with van der Waals surface area (Å²) in [6.45, 7) is 0. The van der Waals surface area contributed by atoms with E-state index in [0.717, 1.165) is 203 Å². The maximum atomic E-state index is 2.61. The molecule has 0 atom stereocenters. The van der Waals surface area contributed by atoms with Gasteiger partial charge in [-0.3, -0.25) is 0 Å². The van der Waals surface area contributed by atoms with Crippen molar-refractivity contribution in [2.75, 3.05) is 49.0 Å². The number of hydrogen-bond donors (Lipinski definition) is 0. The molecule has 24 aromatic rings. The molecule has 10 heteroatoms. The molecule has 0 heterocycles. The quantitative estimate of drug-likeness (QED) is 0.0406. The fraction of sp³-hybridized carbons (Fsp3) is 0. The summed E-state index contributed by atoms with van der Waals surface area (Å²) in [7, 11) is 0. The van der Waals surface area contributed by atoms with Crippen LogP contribution in [0.25, 0.3) is 32.3 Å². The Balaban J connectivity index is 1.20. The number of anilines is 30. The van der Waals surface area contributed by atoms with Crippen molar-refractivity contribution in [3.8, 4) is 0 Å². The normalized spacial score (nSPS) is 11.2. The van der Waals surface area contributed by atoms with Gasteiger partial charge in [-0.2, -0.15) is 0 Å². The minimum Gasteiger partial charge on any atom is -0.308 e. The molecular formula is C136H100N10. The molecule has 694 valence electrons. The van der Waals surface area contributed by atoms with E-state index in [0.29, 0.717) is 0 Å². The van der Waals surface area contributed by atoms with Crippen LogP contribution < -0.4 is 49.0 Å². The van der Waals surface area contributed by atoms with E-state index in [1.807, 2.05) is 0 Å². The maximum absolute atomic E-state index is 2.61. The second-order valence-corrected chi connectivity index (χ2v) is 35.8. The highest BCUT2D eigenvalue weighted by atomic mass is 15.3. The monoisotopic (exact) mass is 1870 g/mol. The number of para-hydroxylation sites is 20. The lowest BCUT2D eigenvalue weighted by Crippen LogP contribution is -2.27. The van der Waals surface area contributed by atoms with Crippen molar-refractivity contribution < 1.29 is 0 Å². The standard InChI is InChI=1S/C136H100N10/c1-21-61-101(62-22-1)137(102-63-23-2-24-64-102)127-123-121-122-124(128(127)138(103-65-25-3-26-66-103)104-67-27-4-28-68-104)132(142(111-81-41-11-42-82-111)112-83-43-12-44-84-112)136(146(119-97-57-19-58-98-119)120-99-59-20-60-100-120)134(144(115-89-49-15-50-90-115)116-91-51-16-52-92-116)126(122)130(140(107-73-33-7-34-74-107)108-75-35-8-36-76-108)129(139(105-69-29-5-30-70-105)106-71-31-6-32-72-106)125(121)133(143(113-85-45-13-46-86-113)114-87-47-14-48-88-114)135(145(117-93-53-17-54-94-117)118-95-55-18-56-96-118)131(123)141(109-77-37-9-38-78-109)110-79-39-10-40-80-110/h1-100H. The van der Waals surface area contributed by atoms with Gasteiger partial charge in [0.1, 0.15) is 0 Å². The van der Waals surface area contributed by atoms with E-state index in [2.05, 4.69) is 656 Å². The average molecular weight is 1870 g/mol. The van der Waals surface area contributed by atoms with Crippen molar-refractivity contribution in [1.82, 2.24) is 0 Å². The molecule has 0 aromatic heterocycles. The van der Waals surface area contributed by atoms with Crippen LogP contribution in [0.4, 0.5) is 171 Å². The summed E-state index contributed by atoms with van der Waals surface area (Å²) in [5.41, 5.74) is 25.7. The highest BCUT2D eigenvalue weighted by molar-refractivity contribution is 6.48. The van der Waals surface area contributed by atoms with E-state index in [9.17, 15) is 0 Å². The molecule has 0 bridgehead atoms. The predicted molar refractivity (Wildman–Crippen MR) is 617 cm³/mol. The lowest BCUT2D eigenvalue weighted by Gasteiger charge is -2.46. The van der Waals surface area contributed by atoms with Crippen LogP contribution in [0, 0.1) is 0 Å². The van der Waals surface area contributed by atoms with E-state index < -0.39 is 0 Å². The van der Waals surface area contributed by atoms with Crippen LogP contribution >= 0.6 is 0 Å². The summed E-state index contributed by atoms with van der Waals surface area (Å²) in [5, 5.41) is 5.18. The Morgan fingerprint density at radius 2 is 0.123 bits per heavy atom. The van der Waals surface area contributed by atoms with E-state index in [1.165, 1.54) is 0 Å². The fourth-order valence-electron chi connectivity index (χ4n) is 21.1. The summed E-state index contributed by atoms with van der Waals surface area (Å²) in [4.78, 5) is 26.0. The van der Waals surface area contributed by atoms with E-state index in [-0.39, 0.29) is 0 Å². The zero-order valence-electron chi connectivity index (χ0n) is 80.2. The Hall–Kier alpha value is -19.7. The third kappa shape index (κ3) is 16.7. The molecule has 0 saturated carbocycles. The lowest BCUT2D eigenvalue weighted by atomic mass is 9.81. The molecule has 0 aliphatic carbocycles. The second-order valence-electron chi connectivity index (χ2n) is 35.8. The SMILES string of the molecule is c1ccc(N(c2ccccc2)c2c(N(c3ccccc3)c3ccccc3)c3c(N(c4ccccc4)c4ccccc4)c(N(c4ccccc4)c4ccccc4)c4c(N(c5ccccc5)c5ccccc5)c(N(c5ccccc5)c5ccccc5)c(N(c5ccccc5)c5ccccc5)c5c(N(c6ccccc6)c6ccccc6)c(N(c6ccccc6)c6ccccc6)c(c2N(c2ccccc2)c2ccccc2)c3c45)cc1. The van der Waals surface area contributed by atoms with Gasteiger partial charge in [-0.25, -0.2) is 0 Å². The van der Waals surface area contributed by atoms with Crippen molar-refractivity contribution in [3.63, 3.8) is 0 Å². The van der Waals surface area contributed by atoms with Gasteiger partial charge in [0.05, 0.1) is 56.9 Å².